The van der Waals surface area contributed by atoms with Crippen molar-refractivity contribution in [1.82, 2.24) is 4.57 Å². The van der Waals surface area contributed by atoms with Crippen molar-refractivity contribution in [2.24, 2.45) is 4.99 Å². The van der Waals surface area contributed by atoms with E-state index in [2.05, 4.69) is 4.99 Å². The fourth-order valence-electron chi connectivity index (χ4n) is 3.27. The quantitative estimate of drug-likeness (QED) is 0.528. The molecule has 0 saturated carbocycles. The smallest absolute Gasteiger partial charge is 0.338 e. The molecular formula is C21H16Cl2N2O3S2. The molecule has 0 radical (unpaired) electrons. The van der Waals surface area contributed by atoms with E-state index in [0.29, 0.717) is 36.2 Å². The van der Waals surface area contributed by atoms with Gasteiger partial charge in [-0.15, -0.1) is 11.3 Å². The summed E-state index contributed by atoms with van der Waals surface area (Å²) in [5.74, 6) is -0.466. The van der Waals surface area contributed by atoms with Gasteiger partial charge in [-0.1, -0.05) is 46.7 Å². The molecule has 1 atom stereocenters. The topological polar surface area (TPSA) is 60.7 Å². The molecule has 1 aliphatic heterocycles. The number of nitrogens with zero attached hydrogens (tertiary/aromatic N) is 2. The second-order valence-electron chi connectivity index (χ2n) is 6.48. The lowest BCUT2D eigenvalue weighted by molar-refractivity contribution is -0.139. The van der Waals surface area contributed by atoms with Gasteiger partial charge in [0.2, 0.25) is 0 Å². The van der Waals surface area contributed by atoms with Gasteiger partial charge in [0.15, 0.2) is 4.80 Å². The summed E-state index contributed by atoms with van der Waals surface area (Å²) >= 11 is 15.0. The predicted molar refractivity (Wildman–Crippen MR) is 121 cm³/mol. The van der Waals surface area contributed by atoms with Crippen LogP contribution in [0.4, 0.5) is 0 Å². The summed E-state index contributed by atoms with van der Waals surface area (Å²) in [6.07, 6.45) is 1.72. The number of ether oxygens (including phenoxy) is 1. The number of rotatable bonds is 4. The molecule has 30 heavy (non-hydrogen) atoms. The van der Waals surface area contributed by atoms with Gasteiger partial charge in [-0.05, 0) is 49.1 Å². The summed E-state index contributed by atoms with van der Waals surface area (Å²) < 4.78 is 7.29. The highest BCUT2D eigenvalue weighted by Gasteiger charge is 2.33. The number of aromatic nitrogens is 1. The lowest BCUT2D eigenvalue weighted by Crippen LogP contribution is -2.39. The Kier molecular flexibility index (Phi) is 5.97. The molecule has 4 rings (SSSR count). The molecule has 9 heteroatoms. The Morgan fingerprint density at radius 2 is 2.13 bits per heavy atom. The number of thiazole rings is 1. The van der Waals surface area contributed by atoms with Gasteiger partial charge in [-0.25, -0.2) is 9.79 Å². The highest BCUT2D eigenvalue weighted by molar-refractivity contribution is 7.10. The van der Waals surface area contributed by atoms with E-state index in [4.69, 9.17) is 27.9 Å². The number of hydrogen-bond acceptors (Lipinski definition) is 6. The number of carbonyl (C=O) groups excluding carboxylic acids is 1. The maximum absolute atomic E-state index is 13.4. The molecule has 0 spiro atoms. The molecule has 0 unspecified atom stereocenters. The first kappa shape index (κ1) is 21.1. The maximum atomic E-state index is 13.4. The van der Waals surface area contributed by atoms with Crippen molar-refractivity contribution in [3.8, 4) is 0 Å². The molecular weight excluding hydrogens is 463 g/mol. The normalized spacial score (nSPS) is 16.4. The zero-order chi connectivity index (χ0) is 21.4. The van der Waals surface area contributed by atoms with Crippen LogP contribution in [0.3, 0.4) is 0 Å². The summed E-state index contributed by atoms with van der Waals surface area (Å²) in [6.45, 7) is 3.76. The van der Waals surface area contributed by atoms with Crippen molar-refractivity contribution in [2.45, 2.75) is 19.9 Å². The van der Waals surface area contributed by atoms with Crippen molar-refractivity contribution in [3.05, 3.63) is 87.2 Å². The molecule has 0 fully saturated rings. The van der Waals surface area contributed by atoms with Crippen LogP contribution in [0.5, 0.6) is 0 Å². The third kappa shape index (κ3) is 3.78. The molecule has 5 nitrogen and oxygen atoms in total. The number of benzene rings is 1. The van der Waals surface area contributed by atoms with E-state index in [1.165, 1.54) is 22.7 Å². The number of fused-ring (bicyclic) bond motifs is 1. The molecule has 2 aromatic heterocycles. The van der Waals surface area contributed by atoms with Crippen LogP contribution in [0.25, 0.3) is 6.08 Å². The van der Waals surface area contributed by atoms with E-state index in [1.807, 2.05) is 17.5 Å². The zero-order valence-corrected chi connectivity index (χ0v) is 19.2. The number of carbonyl (C=O) groups is 1. The van der Waals surface area contributed by atoms with E-state index in [1.54, 1.807) is 42.7 Å². The summed E-state index contributed by atoms with van der Waals surface area (Å²) in [7, 11) is 0. The molecule has 154 valence electrons. The minimum Gasteiger partial charge on any atom is -0.463 e. The first-order chi connectivity index (χ1) is 14.4. The van der Waals surface area contributed by atoms with Crippen LogP contribution in [0.1, 0.15) is 30.3 Å². The van der Waals surface area contributed by atoms with E-state index in [-0.39, 0.29) is 12.2 Å². The van der Waals surface area contributed by atoms with E-state index in [0.717, 1.165) is 4.88 Å². The van der Waals surface area contributed by atoms with E-state index in [9.17, 15) is 9.59 Å². The summed E-state index contributed by atoms with van der Waals surface area (Å²) in [5.41, 5.74) is 1.37. The summed E-state index contributed by atoms with van der Waals surface area (Å²) in [6, 6.07) is 8.32. The van der Waals surface area contributed by atoms with Gasteiger partial charge in [0.25, 0.3) is 5.56 Å². The van der Waals surface area contributed by atoms with Gasteiger partial charge in [0, 0.05) is 14.9 Å². The Balaban J connectivity index is 1.95. The summed E-state index contributed by atoms with van der Waals surface area (Å²) in [4.78, 5) is 32.0. The molecule has 0 amide bonds. The first-order valence-electron chi connectivity index (χ1n) is 9.08. The van der Waals surface area contributed by atoms with Gasteiger partial charge in [-0.3, -0.25) is 9.36 Å². The van der Waals surface area contributed by atoms with Crippen LogP contribution < -0.4 is 14.9 Å². The monoisotopic (exact) mass is 478 g/mol. The Morgan fingerprint density at radius 1 is 1.33 bits per heavy atom. The second kappa shape index (κ2) is 8.51. The van der Waals surface area contributed by atoms with Crippen LogP contribution in [-0.4, -0.2) is 17.1 Å². The van der Waals surface area contributed by atoms with Gasteiger partial charge < -0.3 is 4.74 Å². The average Bonchev–Trinajstić information content (AvgIpc) is 3.32. The lowest BCUT2D eigenvalue weighted by Gasteiger charge is -2.23. The Bertz CT molecular complexity index is 1340. The second-order valence-corrected chi connectivity index (χ2v) is 9.32. The third-order valence-corrected chi connectivity index (χ3v) is 7.05. The zero-order valence-electron chi connectivity index (χ0n) is 16.0. The lowest BCUT2D eigenvalue weighted by atomic mass is 10.0. The van der Waals surface area contributed by atoms with Gasteiger partial charge in [0.05, 0.1) is 22.4 Å². The van der Waals surface area contributed by atoms with Gasteiger partial charge >= 0.3 is 5.97 Å². The minimum atomic E-state index is -0.580. The SMILES string of the molecule is CCOC(=O)C1=C(C)N=c2s/c(=C/c3ccc(Cl)cc3Cl)c(=O)n2[C@H]1c1cccs1. The average molecular weight is 479 g/mol. The van der Waals surface area contributed by atoms with Crippen LogP contribution in [0.2, 0.25) is 10.0 Å². The number of hydrogen-bond donors (Lipinski definition) is 0. The maximum Gasteiger partial charge on any atom is 0.338 e. The van der Waals surface area contributed by atoms with Crippen molar-refractivity contribution < 1.29 is 9.53 Å². The largest absolute Gasteiger partial charge is 0.463 e. The van der Waals surface area contributed by atoms with Crippen molar-refractivity contribution in [2.75, 3.05) is 6.61 Å². The molecule has 1 aromatic carbocycles. The molecule has 3 aromatic rings. The van der Waals surface area contributed by atoms with Crippen LogP contribution in [0.15, 0.2) is 56.8 Å². The molecule has 0 bridgehead atoms. The number of halogens is 2. The molecule has 1 aliphatic rings. The number of esters is 1. The Labute approximate surface area is 190 Å². The molecule has 0 N–H and O–H groups in total. The Morgan fingerprint density at radius 3 is 2.80 bits per heavy atom. The highest BCUT2D eigenvalue weighted by atomic mass is 35.5. The van der Waals surface area contributed by atoms with Crippen molar-refractivity contribution in [1.29, 1.82) is 0 Å². The van der Waals surface area contributed by atoms with Crippen molar-refractivity contribution >= 4 is 57.9 Å². The molecule has 0 aliphatic carbocycles. The standard InChI is InChI=1S/C21H16Cl2N2O3S2/c1-3-28-20(27)17-11(2)24-21-25(18(17)15-5-4-8-29-15)19(26)16(30-21)9-12-6-7-13(22)10-14(12)23/h4-10,18H,3H2,1-2H3/b16-9+/t18-/m0/s1. The Hall–Kier alpha value is -2.19. The number of allylic oxidation sites excluding steroid dienone is 1. The van der Waals surface area contributed by atoms with Crippen LogP contribution in [0, 0.1) is 0 Å². The van der Waals surface area contributed by atoms with Gasteiger partial charge in [0.1, 0.15) is 6.04 Å². The molecule has 3 heterocycles. The molecule has 0 saturated heterocycles. The number of thiophene rings is 1. The first-order valence-corrected chi connectivity index (χ1v) is 11.5. The minimum absolute atomic E-state index is 0.238. The van der Waals surface area contributed by atoms with Crippen LogP contribution >= 0.6 is 45.9 Å². The fraction of sp³-hybridized carbons (Fsp3) is 0.190. The summed E-state index contributed by atoms with van der Waals surface area (Å²) in [5, 5.41) is 2.88. The van der Waals surface area contributed by atoms with E-state index < -0.39 is 12.0 Å². The third-order valence-electron chi connectivity index (χ3n) is 4.58. The van der Waals surface area contributed by atoms with Crippen molar-refractivity contribution in [3.63, 3.8) is 0 Å². The highest BCUT2D eigenvalue weighted by Crippen LogP contribution is 2.33. The van der Waals surface area contributed by atoms with Crippen LogP contribution in [-0.2, 0) is 9.53 Å². The van der Waals surface area contributed by atoms with Gasteiger partial charge in [-0.2, -0.15) is 0 Å². The predicted octanol–water partition coefficient (Wildman–Crippen LogP) is 4.17. The van der Waals surface area contributed by atoms with E-state index >= 15 is 0 Å². The fourth-order valence-corrected chi connectivity index (χ4v) is 5.59.